The molecule has 0 aromatic heterocycles. The van der Waals surface area contributed by atoms with Gasteiger partial charge in [0.05, 0.1) is 8.07 Å². The van der Waals surface area contributed by atoms with E-state index in [0.717, 1.165) is 5.04 Å². The maximum atomic E-state index is 2.49. The summed E-state index contributed by atoms with van der Waals surface area (Å²) >= 11 is 0. The van der Waals surface area contributed by atoms with Crippen molar-refractivity contribution in [1.29, 1.82) is 0 Å². The first-order valence-corrected chi connectivity index (χ1v) is 7.71. The van der Waals surface area contributed by atoms with Gasteiger partial charge in [0.2, 0.25) is 0 Å². The van der Waals surface area contributed by atoms with Crippen molar-refractivity contribution in [2.75, 3.05) is 0 Å². The number of hydrogen-bond acceptors (Lipinski definition) is 0. The molecule has 0 radical (unpaired) electrons. The van der Waals surface area contributed by atoms with Crippen LogP contribution in [0, 0.1) is 5.41 Å². The molecule has 1 heteroatoms. The highest BCUT2D eigenvalue weighted by Gasteiger charge is 2.63. The monoisotopic (exact) mass is 156 g/mol. The van der Waals surface area contributed by atoms with Crippen LogP contribution < -0.4 is 0 Å². The second-order valence-corrected chi connectivity index (χ2v) is 11.2. The molecule has 1 unspecified atom stereocenters. The summed E-state index contributed by atoms with van der Waals surface area (Å²) in [6.07, 6.45) is 1.45. The zero-order valence-corrected chi connectivity index (χ0v) is 9.21. The highest BCUT2D eigenvalue weighted by atomic mass is 28.3. The third kappa shape index (κ3) is 0.867. The van der Waals surface area contributed by atoms with Gasteiger partial charge in [-0.15, -0.1) is 0 Å². The molecule has 0 amide bonds. The minimum Gasteiger partial charge on any atom is -0.0691 e. The van der Waals surface area contributed by atoms with Gasteiger partial charge in [-0.25, -0.2) is 0 Å². The van der Waals surface area contributed by atoms with Crippen LogP contribution in [0.15, 0.2) is 0 Å². The lowest BCUT2D eigenvalue weighted by Gasteiger charge is -2.28. The van der Waals surface area contributed by atoms with Crippen LogP contribution in [0.3, 0.4) is 0 Å². The summed E-state index contributed by atoms with van der Waals surface area (Å²) in [5.74, 6) is 0. The molecule has 0 aromatic rings. The Kier molecular flexibility index (Phi) is 1.40. The Balaban J connectivity index is 2.78. The Morgan fingerprint density at radius 3 is 1.30 bits per heavy atom. The lowest BCUT2D eigenvalue weighted by Crippen LogP contribution is -2.30. The van der Waals surface area contributed by atoms with Crippen LogP contribution in [-0.4, -0.2) is 8.07 Å². The van der Waals surface area contributed by atoms with Gasteiger partial charge in [0.25, 0.3) is 0 Å². The molecule has 1 saturated carbocycles. The first-order chi connectivity index (χ1) is 4.21. The molecule has 1 rings (SSSR count). The molecule has 1 atom stereocenters. The van der Waals surface area contributed by atoms with E-state index in [4.69, 9.17) is 0 Å². The molecule has 0 aliphatic heterocycles. The van der Waals surface area contributed by atoms with Crippen LogP contribution in [-0.2, 0) is 0 Å². The van der Waals surface area contributed by atoms with E-state index in [1.807, 2.05) is 0 Å². The Morgan fingerprint density at radius 1 is 1.00 bits per heavy atom. The van der Waals surface area contributed by atoms with Crippen molar-refractivity contribution in [2.24, 2.45) is 5.41 Å². The third-order valence-corrected chi connectivity index (χ3v) is 7.98. The lowest BCUT2D eigenvalue weighted by molar-refractivity contribution is 0.585. The number of rotatable bonds is 1. The van der Waals surface area contributed by atoms with Crippen molar-refractivity contribution in [3.05, 3.63) is 0 Å². The zero-order valence-electron chi connectivity index (χ0n) is 8.21. The summed E-state index contributed by atoms with van der Waals surface area (Å²) in [6.45, 7) is 14.8. The fourth-order valence-corrected chi connectivity index (χ4v) is 5.12. The molecule has 0 saturated heterocycles. The van der Waals surface area contributed by atoms with E-state index in [2.05, 4.69) is 40.4 Å². The quantitative estimate of drug-likeness (QED) is 0.510. The molecule has 1 aliphatic carbocycles. The summed E-state index contributed by atoms with van der Waals surface area (Å²) in [6, 6.07) is 0. The van der Waals surface area contributed by atoms with E-state index >= 15 is 0 Å². The van der Waals surface area contributed by atoms with Crippen LogP contribution >= 0.6 is 0 Å². The molecule has 1 aliphatic rings. The first-order valence-electron chi connectivity index (χ1n) is 4.21. The molecule has 0 N–H and O–H groups in total. The van der Waals surface area contributed by atoms with E-state index in [9.17, 15) is 0 Å². The maximum Gasteiger partial charge on any atom is 0.0509 e. The largest absolute Gasteiger partial charge is 0.0691 e. The summed E-state index contributed by atoms with van der Waals surface area (Å²) in [5, 5.41) is 0.722. The van der Waals surface area contributed by atoms with Gasteiger partial charge in [-0.05, 0) is 16.9 Å². The minimum atomic E-state index is -0.883. The second-order valence-electron chi connectivity index (χ2n) is 5.64. The third-order valence-electron chi connectivity index (χ3n) is 3.82. The van der Waals surface area contributed by atoms with Gasteiger partial charge in [-0.3, -0.25) is 0 Å². The van der Waals surface area contributed by atoms with E-state index in [1.165, 1.54) is 6.42 Å². The van der Waals surface area contributed by atoms with Gasteiger partial charge < -0.3 is 0 Å². The van der Waals surface area contributed by atoms with Gasteiger partial charge in [-0.2, -0.15) is 0 Å². The molecule has 0 aromatic carbocycles. The molecule has 1 fully saturated rings. The lowest BCUT2D eigenvalue weighted by atomic mass is 10.1. The molecule has 0 spiro atoms. The molecule has 0 heterocycles. The summed E-state index contributed by atoms with van der Waals surface area (Å²) in [7, 11) is -0.883. The van der Waals surface area contributed by atoms with E-state index in [-0.39, 0.29) is 0 Å². The molecule has 60 valence electrons. The predicted octanol–water partition coefficient (Wildman–Crippen LogP) is 3.51. The van der Waals surface area contributed by atoms with Crippen molar-refractivity contribution < 1.29 is 0 Å². The summed E-state index contributed by atoms with van der Waals surface area (Å²) in [4.78, 5) is 0. The summed E-state index contributed by atoms with van der Waals surface area (Å²) < 4.78 is 0. The van der Waals surface area contributed by atoms with Gasteiger partial charge in [0.1, 0.15) is 0 Å². The standard InChI is InChI=1S/C9H20Si/c1-8(2)7-9(8,3)10(4,5)6/h7H2,1-6H3. The Labute approximate surface area is 66.0 Å². The Bertz CT molecular complexity index is 153. The van der Waals surface area contributed by atoms with Crippen molar-refractivity contribution in [3.8, 4) is 0 Å². The molecule has 0 nitrogen and oxygen atoms in total. The first kappa shape index (κ1) is 8.31. The predicted molar refractivity (Wildman–Crippen MR) is 50.1 cm³/mol. The molecular weight excluding hydrogens is 136 g/mol. The number of hydrogen-bond donors (Lipinski definition) is 0. The normalized spacial score (nSPS) is 37.8. The molecule has 10 heavy (non-hydrogen) atoms. The van der Waals surface area contributed by atoms with Crippen LogP contribution in [0.2, 0.25) is 24.7 Å². The highest BCUT2D eigenvalue weighted by molar-refractivity contribution is 6.80. The molecular formula is C9H20Si. The highest BCUT2D eigenvalue weighted by Crippen LogP contribution is 2.74. The molecule has 0 bridgehead atoms. The van der Waals surface area contributed by atoms with E-state index in [0.29, 0.717) is 5.41 Å². The fraction of sp³-hybridized carbons (Fsp3) is 1.00. The van der Waals surface area contributed by atoms with Crippen LogP contribution in [0.1, 0.15) is 27.2 Å². The zero-order chi connectivity index (χ0) is 8.21. The smallest absolute Gasteiger partial charge is 0.0509 e. The van der Waals surface area contributed by atoms with Crippen molar-refractivity contribution in [2.45, 2.75) is 51.9 Å². The van der Waals surface area contributed by atoms with Gasteiger partial charge >= 0.3 is 0 Å². The van der Waals surface area contributed by atoms with Crippen molar-refractivity contribution in [1.82, 2.24) is 0 Å². The Hall–Kier alpha value is 0.217. The maximum absolute atomic E-state index is 2.49. The Morgan fingerprint density at radius 2 is 1.30 bits per heavy atom. The van der Waals surface area contributed by atoms with Crippen LogP contribution in [0.25, 0.3) is 0 Å². The van der Waals surface area contributed by atoms with Crippen molar-refractivity contribution in [3.63, 3.8) is 0 Å². The van der Waals surface area contributed by atoms with E-state index < -0.39 is 8.07 Å². The SMILES string of the molecule is CC1(C)CC1(C)[Si](C)(C)C. The van der Waals surface area contributed by atoms with Gasteiger partial charge in [0, 0.05) is 0 Å². The topological polar surface area (TPSA) is 0 Å². The average Bonchev–Trinajstić information content (AvgIpc) is 2.05. The average molecular weight is 156 g/mol. The van der Waals surface area contributed by atoms with Crippen LogP contribution in [0.5, 0.6) is 0 Å². The summed E-state index contributed by atoms with van der Waals surface area (Å²) in [5.41, 5.74) is 0.650. The van der Waals surface area contributed by atoms with Crippen LogP contribution in [0.4, 0.5) is 0 Å². The van der Waals surface area contributed by atoms with Gasteiger partial charge in [0.15, 0.2) is 0 Å². The minimum absolute atomic E-state index is 0.650. The van der Waals surface area contributed by atoms with Gasteiger partial charge in [-0.1, -0.05) is 40.4 Å². The van der Waals surface area contributed by atoms with Crippen molar-refractivity contribution >= 4 is 8.07 Å². The fourth-order valence-electron chi connectivity index (χ4n) is 2.12. The van der Waals surface area contributed by atoms with E-state index in [1.54, 1.807) is 0 Å². The second kappa shape index (κ2) is 1.69.